The highest BCUT2D eigenvalue weighted by Gasteiger charge is 2.55. The summed E-state index contributed by atoms with van der Waals surface area (Å²) in [5, 5.41) is 0. The Morgan fingerprint density at radius 2 is 1.38 bits per heavy atom. The Bertz CT molecular complexity index is 1560. The van der Waals surface area contributed by atoms with Crippen LogP contribution in [0.1, 0.15) is 31.8 Å². The van der Waals surface area contributed by atoms with Crippen LogP contribution in [0.25, 0.3) is 0 Å². The van der Waals surface area contributed by atoms with Crippen LogP contribution < -0.4 is 10.4 Å². The van der Waals surface area contributed by atoms with E-state index in [0.29, 0.717) is 35.5 Å². The number of amides is 3. The summed E-state index contributed by atoms with van der Waals surface area (Å²) in [6, 6.07) is 18.0. The molecule has 3 amide bonds. The van der Waals surface area contributed by atoms with Crippen molar-refractivity contribution < 1.29 is 37.2 Å². The van der Waals surface area contributed by atoms with Crippen LogP contribution in [0.15, 0.2) is 84.9 Å². The number of fused-ring (bicyclic) bond motifs is 1. The van der Waals surface area contributed by atoms with E-state index in [2.05, 4.69) is 0 Å². The molecule has 216 valence electrons. The molecule has 3 aromatic carbocycles. The number of nitrogen functional groups attached to an aromatic ring is 1. The number of carbonyl (C=O) groups excluding carboxylic acids is 4. The smallest absolute Gasteiger partial charge is 0.399 e. The fraction of sp³-hybridized carbons (Fsp3) is 0.200. The third kappa shape index (κ3) is 5.61. The molecule has 12 heteroatoms. The van der Waals surface area contributed by atoms with Gasteiger partial charge in [0.1, 0.15) is 6.54 Å². The van der Waals surface area contributed by atoms with E-state index >= 15 is 0 Å². The van der Waals surface area contributed by atoms with E-state index in [1.165, 1.54) is 65.6 Å². The Kier molecular flexibility index (Phi) is 7.57. The fourth-order valence-electron chi connectivity index (χ4n) is 4.96. The molecule has 1 unspecified atom stereocenters. The summed E-state index contributed by atoms with van der Waals surface area (Å²) in [5.41, 5.74) is 7.33. The summed E-state index contributed by atoms with van der Waals surface area (Å²) < 4.78 is 39.2. The number of rotatable bonds is 5. The first-order valence-corrected chi connectivity index (χ1v) is 13.0. The number of nitrogens with two attached hydrogens (primary N) is 1. The highest BCUT2D eigenvalue weighted by molar-refractivity contribution is 6.00. The molecule has 2 aliphatic rings. The predicted octanol–water partition coefficient (Wildman–Crippen LogP) is 3.99. The number of alkyl halides is 3. The summed E-state index contributed by atoms with van der Waals surface area (Å²) in [5.74, 6) is -4.31. The molecule has 2 N–H and O–H groups in total. The first-order valence-electron chi connectivity index (χ1n) is 13.0. The molecule has 1 atom stereocenters. The molecular weight excluding hydrogens is 553 g/mol. The zero-order chi connectivity index (χ0) is 30.1. The maximum atomic E-state index is 14.0. The van der Waals surface area contributed by atoms with E-state index in [1.54, 1.807) is 17.0 Å². The van der Waals surface area contributed by atoms with E-state index in [-0.39, 0.29) is 23.7 Å². The van der Waals surface area contributed by atoms with Crippen LogP contribution in [0.3, 0.4) is 0 Å². The fourth-order valence-corrected chi connectivity index (χ4v) is 4.96. The van der Waals surface area contributed by atoms with Crippen LogP contribution in [0, 0.1) is 0 Å². The van der Waals surface area contributed by atoms with Crippen molar-refractivity contribution in [3.8, 4) is 0 Å². The summed E-state index contributed by atoms with van der Waals surface area (Å²) in [4.78, 5) is 60.2. The number of hydrogen-bond acceptors (Lipinski definition) is 6. The summed E-state index contributed by atoms with van der Waals surface area (Å²) in [6.45, 7) is -0.370. The third-order valence-electron chi connectivity index (χ3n) is 7.10. The summed E-state index contributed by atoms with van der Waals surface area (Å²) in [7, 11) is 0. The number of hydrogen-bond donors (Lipinski definition) is 1. The molecule has 0 bridgehead atoms. The molecule has 5 rings (SSSR count). The lowest BCUT2D eigenvalue weighted by Gasteiger charge is -2.31. The topological polar surface area (TPSA) is 110 Å². The molecule has 9 nitrogen and oxygen atoms in total. The van der Waals surface area contributed by atoms with E-state index in [4.69, 9.17) is 10.6 Å². The number of nitrogens with zero attached hydrogens (tertiary/aromatic N) is 3. The molecule has 3 aromatic rings. The first kappa shape index (κ1) is 28.6. The number of halogens is 3. The van der Waals surface area contributed by atoms with Crippen molar-refractivity contribution >= 4 is 35.1 Å². The number of carbonyl (C=O) groups is 4. The molecule has 0 saturated heterocycles. The Morgan fingerprint density at radius 1 is 0.810 bits per heavy atom. The van der Waals surface area contributed by atoms with Crippen molar-refractivity contribution in [1.29, 1.82) is 0 Å². The minimum atomic E-state index is -5.40. The second-order valence-electron chi connectivity index (χ2n) is 9.96. The second kappa shape index (κ2) is 11.1. The molecule has 0 fully saturated rings. The lowest BCUT2D eigenvalue weighted by atomic mass is 10.1. The molecule has 0 spiro atoms. The van der Waals surface area contributed by atoms with Crippen molar-refractivity contribution in [1.82, 2.24) is 14.4 Å². The third-order valence-corrected chi connectivity index (χ3v) is 7.10. The van der Waals surface area contributed by atoms with Crippen molar-refractivity contribution in [2.45, 2.75) is 19.3 Å². The van der Waals surface area contributed by atoms with Gasteiger partial charge in [0.05, 0.1) is 6.54 Å². The highest BCUT2D eigenvalue weighted by atomic mass is 19.4. The van der Waals surface area contributed by atoms with Crippen molar-refractivity contribution in [3.05, 3.63) is 107 Å². The molecule has 2 aliphatic heterocycles. The average molecular weight is 580 g/mol. The van der Waals surface area contributed by atoms with E-state index < -0.39 is 41.7 Å². The Hall–Kier alpha value is -4.97. The standard InChI is InChI=1S/C30H25F3N4O5/c31-30(32,33)29(41)42-37(19-20-7-9-21(10-8-20)27(39)35-15-3-4-16-35)25-6-2-1-5-23(25)17-36(18-26(37)38)28(40)22-11-13-24(34)14-12-22/h1-14H,15-19H2,(H-,34,40)/p+1. The molecule has 0 saturated carbocycles. The van der Waals surface area contributed by atoms with Gasteiger partial charge >= 0.3 is 18.1 Å². The van der Waals surface area contributed by atoms with Gasteiger partial charge in [-0.25, -0.2) is 9.59 Å². The van der Waals surface area contributed by atoms with Crippen molar-refractivity contribution in [3.63, 3.8) is 0 Å². The zero-order valence-corrected chi connectivity index (χ0v) is 22.2. The summed E-state index contributed by atoms with van der Waals surface area (Å²) >= 11 is 0. The largest absolute Gasteiger partial charge is 0.497 e. The van der Waals surface area contributed by atoms with E-state index in [9.17, 15) is 32.3 Å². The van der Waals surface area contributed by atoms with Crippen molar-refractivity contribution in [2.24, 2.45) is 0 Å². The maximum Gasteiger partial charge on any atom is 0.497 e. The van der Waals surface area contributed by atoms with Gasteiger partial charge in [0, 0.05) is 47.1 Å². The van der Waals surface area contributed by atoms with Gasteiger partial charge in [-0.15, -0.1) is 0 Å². The number of hydroxylamine groups is 2. The van der Waals surface area contributed by atoms with Crippen LogP contribution in [0.2, 0.25) is 0 Å². The first-order chi connectivity index (χ1) is 20.0. The molecule has 0 aromatic heterocycles. The molecular formula is C30H26F3N4O5+. The van der Waals surface area contributed by atoms with Crippen LogP contribution in [0.5, 0.6) is 0 Å². The summed E-state index contributed by atoms with van der Waals surface area (Å²) in [6.07, 6.45) is -1.68. The van der Waals surface area contributed by atoms with Crippen molar-refractivity contribution in [2.75, 3.05) is 25.4 Å². The van der Waals surface area contributed by atoms with Crippen LogP contribution >= 0.6 is 0 Å². The van der Waals surface area contributed by atoms with Gasteiger partial charge in [0.25, 0.3) is 11.8 Å². The maximum absolute atomic E-state index is 14.0. The normalized spacial score (nSPS) is 18.4. The van der Waals surface area contributed by atoms with Crippen LogP contribution in [-0.2, 0) is 27.5 Å². The highest BCUT2D eigenvalue weighted by Crippen LogP contribution is 2.37. The van der Waals surface area contributed by atoms with Gasteiger partial charge in [-0.1, -0.05) is 42.5 Å². The molecule has 42 heavy (non-hydrogen) atoms. The van der Waals surface area contributed by atoms with Crippen LogP contribution in [0.4, 0.5) is 24.5 Å². The second-order valence-corrected chi connectivity index (χ2v) is 9.96. The molecule has 0 aliphatic carbocycles. The Labute approximate surface area is 238 Å². The Morgan fingerprint density at radius 3 is 2.00 bits per heavy atom. The lowest BCUT2D eigenvalue weighted by Crippen LogP contribution is -2.58. The number of quaternary nitrogens is 1. The monoisotopic (exact) mass is 579 g/mol. The van der Waals surface area contributed by atoms with Gasteiger partial charge in [-0.2, -0.15) is 13.2 Å². The average Bonchev–Trinajstić information content (AvgIpc) is 3.48. The molecule has 0 radical (unpaired) electrons. The number of anilines is 1. The number of benzene rings is 3. The predicted molar refractivity (Wildman–Crippen MR) is 146 cm³/mol. The van der Waals surface area contributed by atoms with Gasteiger partial charge < -0.3 is 15.5 Å². The van der Waals surface area contributed by atoms with E-state index in [1.807, 2.05) is 12.2 Å². The lowest BCUT2D eigenvalue weighted by molar-refractivity contribution is -0.235. The van der Waals surface area contributed by atoms with Crippen LogP contribution in [-0.4, -0.2) is 59.3 Å². The minimum Gasteiger partial charge on any atom is -0.399 e. The molecule has 2 heterocycles. The minimum absolute atomic E-state index is 0.0176. The number of para-hydroxylation sites is 1. The SMILES string of the molecule is Nc1ccc(C(=O)N2CC(=O)[N+](Cc3ccc(C(=O)N4CC=CC4)cc3)(OC(=O)C(F)(F)F)c3ccccc3C2)cc1. The zero-order valence-electron chi connectivity index (χ0n) is 22.2. The van der Waals surface area contributed by atoms with Gasteiger partial charge in [0.2, 0.25) is 0 Å². The van der Waals surface area contributed by atoms with Gasteiger partial charge in [-0.05, 0) is 41.0 Å². The Balaban J connectivity index is 1.54. The van der Waals surface area contributed by atoms with Gasteiger partial charge in [-0.3, -0.25) is 14.4 Å². The van der Waals surface area contributed by atoms with E-state index in [0.717, 1.165) is 0 Å². The quantitative estimate of drug-likeness (QED) is 0.278. The van der Waals surface area contributed by atoms with Gasteiger partial charge in [0.15, 0.2) is 12.2 Å².